The highest BCUT2D eigenvalue weighted by molar-refractivity contribution is 6.34. The summed E-state index contributed by atoms with van der Waals surface area (Å²) < 4.78 is 5.84. The molecule has 1 aromatic heterocycles. The lowest BCUT2D eigenvalue weighted by Gasteiger charge is -2.05. The summed E-state index contributed by atoms with van der Waals surface area (Å²) in [6.45, 7) is 0.428. The van der Waals surface area contributed by atoms with E-state index in [1.807, 2.05) is 36.4 Å². The number of furan rings is 1. The van der Waals surface area contributed by atoms with E-state index < -0.39 is 0 Å². The summed E-state index contributed by atoms with van der Waals surface area (Å²) in [5, 5.41) is 2.21. The van der Waals surface area contributed by atoms with E-state index in [1.165, 1.54) is 0 Å². The Morgan fingerprint density at radius 3 is 2.63 bits per heavy atom. The second-order valence-corrected chi connectivity index (χ2v) is 5.12. The normalized spacial score (nSPS) is 11.1. The van der Waals surface area contributed by atoms with Crippen molar-refractivity contribution in [1.29, 1.82) is 0 Å². The minimum Gasteiger partial charge on any atom is -0.455 e. The number of nitrogens with two attached hydrogens (primary N) is 1. The summed E-state index contributed by atoms with van der Waals surface area (Å²) in [6.07, 6.45) is 0. The molecule has 0 saturated carbocycles. The molecular formula is C15H11Cl2NO. The van der Waals surface area contributed by atoms with Gasteiger partial charge < -0.3 is 10.2 Å². The highest BCUT2D eigenvalue weighted by atomic mass is 35.5. The van der Waals surface area contributed by atoms with Crippen molar-refractivity contribution >= 4 is 34.2 Å². The van der Waals surface area contributed by atoms with Gasteiger partial charge in [0.15, 0.2) is 5.58 Å². The smallest absolute Gasteiger partial charge is 0.153 e. The molecule has 0 aliphatic carbocycles. The van der Waals surface area contributed by atoms with Crippen LogP contribution in [0.5, 0.6) is 0 Å². The van der Waals surface area contributed by atoms with E-state index in [2.05, 4.69) is 0 Å². The monoisotopic (exact) mass is 291 g/mol. The number of hydrogen-bond donors (Lipinski definition) is 1. The fraction of sp³-hybridized carbons (Fsp3) is 0.0667. The maximum absolute atomic E-state index is 6.12. The third-order valence-electron chi connectivity index (χ3n) is 3.05. The quantitative estimate of drug-likeness (QED) is 0.732. The molecule has 96 valence electrons. The van der Waals surface area contributed by atoms with Crippen molar-refractivity contribution in [2.24, 2.45) is 5.73 Å². The zero-order valence-electron chi connectivity index (χ0n) is 9.99. The van der Waals surface area contributed by atoms with Gasteiger partial charge in [0.05, 0.1) is 5.02 Å². The predicted molar refractivity (Wildman–Crippen MR) is 79.6 cm³/mol. The van der Waals surface area contributed by atoms with Crippen LogP contribution in [0, 0.1) is 0 Å². The number of benzene rings is 2. The van der Waals surface area contributed by atoms with Crippen LogP contribution >= 0.6 is 23.2 Å². The Labute approximate surface area is 120 Å². The largest absolute Gasteiger partial charge is 0.455 e. The molecule has 0 spiro atoms. The summed E-state index contributed by atoms with van der Waals surface area (Å²) in [7, 11) is 0. The zero-order chi connectivity index (χ0) is 13.4. The van der Waals surface area contributed by atoms with Gasteiger partial charge in [-0.05, 0) is 29.8 Å². The Hall–Kier alpha value is -1.48. The molecule has 0 saturated heterocycles. The summed E-state index contributed by atoms with van der Waals surface area (Å²) >= 11 is 12.2. The third-order valence-corrected chi connectivity index (χ3v) is 3.59. The Morgan fingerprint density at radius 2 is 1.89 bits per heavy atom. The molecule has 3 aromatic rings. The highest BCUT2D eigenvalue weighted by Gasteiger charge is 2.12. The maximum atomic E-state index is 6.12. The van der Waals surface area contributed by atoms with Crippen LogP contribution < -0.4 is 5.73 Å². The van der Waals surface area contributed by atoms with Gasteiger partial charge in [-0.3, -0.25) is 0 Å². The van der Waals surface area contributed by atoms with Crippen molar-refractivity contribution in [2.45, 2.75) is 6.54 Å². The van der Waals surface area contributed by atoms with Crippen molar-refractivity contribution in [1.82, 2.24) is 0 Å². The molecule has 0 radical (unpaired) electrons. The second kappa shape index (κ2) is 4.89. The highest BCUT2D eigenvalue weighted by Crippen LogP contribution is 2.34. The molecule has 1 heterocycles. The molecule has 0 aliphatic heterocycles. The average molecular weight is 292 g/mol. The van der Waals surface area contributed by atoms with Crippen LogP contribution in [0.15, 0.2) is 46.9 Å². The molecule has 0 amide bonds. The summed E-state index contributed by atoms with van der Waals surface area (Å²) in [6, 6.07) is 13.2. The van der Waals surface area contributed by atoms with Crippen molar-refractivity contribution in [3.8, 4) is 11.3 Å². The van der Waals surface area contributed by atoms with Crippen molar-refractivity contribution in [2.75, 3.05) is 0 Å². The molecule has 2 aromatic carbocycles. The number of fused-ring (bicyclic) bond motifs is 1. The van der Waals surface area contributed by atoms with Gasteiger partial charge in [-0.25, -0.2) is 0 Å². The first-order chi connectivity index (χ1) is 9.19. The molecule has 0 unspecified atom stereocenters. The van der Waals surface area contributed by atoms with E-state index in [0.29, 0.717) is 22.2 Å². The van der Waals surface area contributed by atoms with Crippen LogP contribution in [0.2, 0.25) is 10.0 Å². The van der Waals surface area contributed by atoms with Gasteiger partial charge in [-0.1, -0.05) is 41.4 Å². The summed E-state index contributed by atoms with van der Waals surface area (Å²) in [4.78, 5) is 0. The van der Waals surface area contributed by atoms with Gasteiger partial charge in [0.25, 0.3) is 0 Å². The van der Waals surface area contributed by atoms with E-state index in [-0.39, 0.29) is 0 Å². The Morgan fingerprint density at radius 1 is 1.05 bits per heavy atom. The number of hydrogen-bond acceptors (Lipinski definition) is 2. The first-order valence-electron chi connectivity index (χ1n) is 5.86. The zero-order valence-corrected chi connectivity index (χ0v) is 11.5. The summed E-state index contributed by atoms with van der Waals surface area (Å²) in [5.74, 6) is 0.728. The fourth-order valence-electron chi connectivity index (χ4n) is 2.12. The van der Waals surface area contributed by atoms with E-state index in [0.717, 1.165) is 22.3 Å². The average Bonchev–Trinajstić information content (AvgIpc) is 2.84. The Kier molecular flexibility index (Phi) is 3.23. The van der Waals surface area contributed by atoms with E-state index >= 15 is 0 Å². The number of para-hydroxylation sites is 1. The minimum absolute atomic E-state index is 0.428. The Bertz CT molecular complexity index is 749. The summed E-state index contributed by atoms with van der Waals surface area (Å²) in [5.41, 5.74) is 8.32. The molecule has 0 fully saturated rings. The lowest BCUT2D eigenvalue weighted by Crippen LogP contribution is -1.98. The number of rotatable bonds is 2. The number of halogens is 2. The van der Waals surface area contributed by atoms with Gasteiger partial charge in [0.2, 0.25) is 0 Å². The predicted octanol–water partition coefficient (Wildman–Crippen LogP) is 4.87. The van der Waals surface area contributed by atoms with Gasteiger partial charge in [-0.15, -0.1) is 0 Å². The lowest BCUT2D eigenvalue weighted by atomic mass is 10.1. The lowest BCUT2D eigenvalue weighted by molar-refractivity contribution is 0.630. The van der Waals surface area contributed by atoms with E-state index in [4.69, 9.17) is 33.4 Å². The maximum Gasteiger partial charge on any atom is 0.153 e. The van der Waals surface area contributed by atoms with Crippen LogP contribution in [-0.2, 0) is 6.54 Å². The van der Waals surface area contributed by atoms with Gasteiger partial charge in [0, 0.05) is 22.5 Å². The van der Waals surface area contributed by atoms with Gasteiger partial charge >= 0.3 is 0 Å². The molecule has 0 atom stereocenters. The molecule has 19 heavy (non-hydrogen) atoms. The standard InChI is InChI=1S/C15H11Cl2NO/c16-11-5-4-10(8-18)12(7-11)14-6-9-2-1-3-13(17)15(9)19-14/h1-7H,8,18H2. The molecule has 2 N–H and O–H groups in total. The molecule has 0 bridgehead atoms. The van der Waals surface area contributed by atoms with E-state index in [1.54, 1.807) is 6.07 Å². The van der Waals surface area contributed by atoms with Crippen molar-refractivity contribution < 1.29 is 4.42 Å². The third kappa shape index (κ3) is 2.23. The van der Waals surface area contributed by atoms with Crippen LogP contribution in [0.25, 0.3) is 22.3 Å². The first-order valence-corrected chi connectivity index (χ1v) is 6.61. The van der Waals surface area contributed by atoms with Crippen LogP contribution in [0.1, 0.15) is 5.56 Å². The Balaban J connectivity index is 2.24. The van der Waals surface area contributed by atoms with Gasteiger partial charge in [0.1, 0.15) is 5.76 Å². The van der Waals surface area contributed by atoms with Crippen LogP contribution in [-0.4, -0.2) is 0 Å². The molecule has 4 heteroatoms. The van der Waals surface area contributed by atoms with Crippen molar-refractivity contribution in [3.63, 3.8) is 0 Å². The molecular weight excluding hydrogens is 281 g/mol. The first kappa shape index (κ1) is 12.5. The second-order valence-electron chi connectivity index (χ2n) is 4.27. The van der Waals surface area contributed by atoms with Gasteiger partial charge in [-0.2, -0.15) is 0 Å². The molecule has 0 aliphatic rings. The molecule has 3 rings (SSSR count). The van der Waals surface area contributed by atoms with Crippen molar-refractivity contribution in [3.05, 3.63) is 58.1 Å². The minimum atomic E-state index is 0.428. The van der Waals surface area contributed by atoms with E-state index in [9.17, 15) is 0 Å². The van der Waals surface area contributed by atoms with Crippen LogP contribution in [0.3, 0.4) is 0 Å². The van der Waals surface area contributed by atoms with Crippen LogP contribution in [0.4, 0.5) is 0 Å². The fourth-order valence-corrected chi connectivity index (χ4v) is 2.51. The topological polar surface area (TPSA) is 39.2 Å². The molecule has 2 nitrogen and oxygen atoms in total. The SMILES string of the molecule is NCc1ccc(Cl)cc1-c1cc2cccc(Cl)c2o1.